The van der Waals surface area contributed by atoms with Crippen molar-refractivity contribution in [3.05, 3.63) is 63.6 Å². The van der Waals surface area contributed by atoms with Crippen LogP contribution in [0.3, 0.4) is 0 Å². The Kier molecular flexibility index (Phi) is 6.91. The van der Waals surface area contributed by atoms with Gasteiger partial charge >= 0.3 is 0 Å². The van der Waals surface area contributed by atoms with E-state index < -0.39 is 0 Å². The fourth-order valence-corrected chi connectivity index (χ4v) is 3.41. The van der Waals surface area contributed by atoms with Crippen molar-refractivity contribution in [1.29, 1.82) is 0 Å². The summed E-state index contributed by atoms with van der Waals surface area (Å²) < 4.78 is 0. The molecule has 0 saturated carbocycles. The fourth-order valence-electron chi connectivity index (χ4n) is 1.98. The molecule has 0 heterocycles. The van der Waals surface area contributed by atoms with Crippen molar-refractivity contribution in [3.63, 3.8) is 0 Å². The molecule has 0 saturated heterocycles. The van der Waals surface area contributed by atoms with E-state index in [0.29, 0.717) is 10.0 Å². The molecule has 2 aromatic rings. The van der Waals surface area contributed by atoms with Gasteiger partial charge in [-0.3, -0.25) is 0 Å². The van der Waals surface area contributed by atoms with Crippen molar-refractivity contribution in [2.24, 2.45) is 0 Å². The number of nitrogens with one attached hydrogen (secondary N) is 1. The summed E-state index contributed by atoms with van der Waals surface area (Å²) in [6.07, 6.45) is 1.15. The summed E-state index contributed by atoms with van der Waals surface area (Å²) in [6.45, 7) is 4.14. The first kappa shape index (κ1) is 16.7. The Labute approximate surface area is 141 Å². The van der Waals surface area contributed by atoms with Gasteiger partial charge in [-0.05, 0) is 42.3 Å². The summed E-state index contributed by atoms with van der Waals surface area (Å²) in [5, 5.41) is 4.70. The molecule has 0 atom stereocenters. The summed E-state index contributed by atoms with van der Waals surface area (Å²) in [5.74, 6) is 0.825. The zero-order valence-corrected chi connectivity index (χ0v) is 14.4. The SMILES string of the molecule is CCCNCc1cccc(SCc2cccc(Cl)c2Cl)c1. The van der Waals surface area contributed by atoms with Crippen LogP contribution in [0.25, 0.3) is 0 Å². The van der Waals surface area contributed by atoms with Gasteiger partial charge in [0.1, 0.15) is 0 Å². The summed E-state index contributed by atoms with van der Waals surface area (Å²) in [5.41, 5.74) is 2.38. The van der Waals surface area contributed by atoms with Gasteiger partial charge in [0.2, 0.25) is 0 Å². The van der Waals surface area contributed by atoms with Crippen molar-refractivity contribution < 1.29 is 0 Å². The first-order chi connectivity index (χ1) is 10.2. The van der Waals surface area contributed by atoms with E-state index in [9.17, 15) is 0 Å². The Balaban J connectivity index is 1.96. The molecule has 0 unspecified atom stereocenters. The molecular formula is C17H19Cl2NS. The van der Waals surface area contributed by atoms with Crippen LogP contribution in [0.1, 0.15) is 24.5 Å². The minimum Gasteiger partial charge on any atom is -0.313 e. The molecule has 2 rings (SSSR count). The molecule has 0 bridgehead atoms. The predicted octanol–water partition coefficient (Wildman–Crippen LogP) is 5.79. The molecule has 0 aliphatic heterocycles. The van der Waals surface area contributed by atoms with Crippen LogP contribution in [0.4, 0.5) is 0 Å². The van der Waals surface area contributed by atoms with E-state index in [2.05, 4.69) is 36.5 Å². The van der Waals surface area contributed by atoms with Gasteiger partial charge in [0, 0.05) is 17.2 Å². The van der Waals surface area contributed by atoms with Crippen LogP contribution in [-0.4, -0.2) is 6.54 Å². The Bertz CT molecular complexity index is 587. The predicted molar refractivity (Wildman–Crippen MR) is 94.5 cm³/mol. The van der Waals surface area contributed by atoms with Crippen molar-refractivity contribution >= 4 is 35.0 Å². The van der Waals surface area contributed by atoms with Crippen molar-refractivity contribution in [3.8, 4) is 0 Å². The molecule has 4 heteroatoms. The maximum Gasteiger partial charge on any atom is 0.0632 e. The van der Waals surface area contributed by atoms with E-state index in [1.54, 1.807) is 11.8 Å². The number of rotatable bonds is 7. The van der Waals surface area contributed by atoms with Crippen molar-refractivity contribution in [2.75, 3.05) is 6.54 Å². The lowest BCUT2D eigenvalue weighted by atomic mass is 10.2. The largest absolute Gasteiger partial charge is 0.313 e. The summed E-state index contributed by atoms with van der Waals surface area (Å²) in [7, 11) is 0. The quantitative estimate of drug-likeness (QED) is 0.506. The Hall–Kier alpha value is -0.670. The van der Waals surface area contributed by atoms with Crippen LogP contribution < -0.4 is 5.32 Å². The number of benzene rings is 2. The van der Waals surface area contributed by atoms with Crippen LogP contribution in [0, 0.1) is 0 Å². The molecule has 0 fully saturated rings. The topological polar surface area (TPSA) is 12.0 Å². The minimum atomic E-state index is 0.618. The van der Waals surface area contributed by atoms with Gasteiger partial charge in [0.05, 0.1) is 10.0 Å². The van der Waals surface area contributed by atoms with E-state index >= 15 is 0 Å². The van der Waals surface area contributed by atoms with Crippen LogP contribution in [-0.2, 0) is 12.3 Å². The van der Waals surface area contributed by atoms with Crippen molar-refractivity contribution in [1.82, 2.24) is 5.32 Å². The lowest BCUT2D eigenvalue weighted by Gasteiger charge is -2.08. The van der Waals surface area contributed by atoms with Gasteiger partial charge in [-0.15, -0.1) is 11.8 Å². The normalized spacial score (nSPS) is 10.8. The maximum atomic E-state index is 6.22. The smallest absolute Gasteiger partial charge is 0.0632 e. The highest BCUT2D eigenvalue weighted by Gasteiger charge is 2.05. The third kappa shape index (κ3) is 5.23. The number of thioether (sulfide) groups is 1. The lowest BCUT2D eigenvalue weighted by Crippen LogP contribution is -2.13. The van der Waals surface area contributed by atoms with E-state index in [1.165, 1.54) is 10.5 Å². The Morgan fingerprint density at radius 2 is 1.90 bits per heavy atom. The van der Waals surface area contributed by atoms with E-state index in [-0.39, 0.29) is 0 Å². The molecule has 0 amide bonds. The van der Waals surface area contributed by atoms with Gasteiger partial charge in [0.15, 0.2) is 0 Å². The molecule has 1 N–H and O–H groups in total. The van der Waals surface area contributed by atoms with Crippen LogP contribution in [0.2, 0.25) is 10.0 Å². The second-order valence-electron chi connectivity index (χ2n) is 4.83. The average molecular weight is 340 g/mol. The van der Waals surface area contributed by atoms with Crippen LogP contribution in [0.15, 0.2) is 47.4 Å². The third-order valence-electron chi connectivity index (χ3n) is 3.08. The van der Waals surface area contributed by atoms with Crippen molar-refractivity contribution in [2.45, 2.75) is 30.5 Å². The number of hydrogen-bond acceptors (Lipinski definition) is 2. The Morgan fingerprint density at radius 3 is 2.71 bits per heavy atom. The highest BCUT2D eigenvalue weighted by molar-refractivity contribution is 7.98. The lowest BCUT2D eigenvalue weighted by molar-refractivity contribution is 0.674. The second-order valence-corrected chi connectivity index (χ2v) is 6.66. The maximum absolute atomic E-state index is 6.22. The van der Waals surface area contributed by atoms with Gasteiger partial charge < -0.3 is 5.32 Å². The first-order valence-corrected chi connectivity index (χ1v) is 8.80. The molecule has 0 aliphatic carbocycles. The van der Waals surface area contributed by atoms with Gasteiger partial charge in [-0.25, -0.2) is 0 Å². The Morgan fingerprint density at radius 1 is 1.10 bits per heavy atom. The van der Waals surface area contributed by atoms with E-state index in [0.717, 1.165) is 30.8 Å². The zero-order valence-electron chi connectivity index (χ0n) is 12.0. The molecule has 1 nitrogen and oxygen atoms in total. The van der Waals surface area contributed by atoms with Crippen LogP contribution >= 0.6 is 35.0 Å². The molecule has 112 valence electrons. The minimum absolute atomic E-state index is 0.618. The highest BCUT2D eigenvalue weighted by atomic mass is 35.5. The molecule has 0 spiro atoms. The summed E-state index contributed by atoms with van der Waals surface area (Å²) in [4.78, 5) is 1.25. The second kappa shape index (κ2) is 8.70. The summed E-state index contributed by atoms with van der Waals surface area (Å²) in [6, 6.07) is 14.4. The molecule has 21 heavy (non-hydrogen) atoms. The highest BCUT2D eigenvalue weighted by Crippen LogP contribution is 2.31. The molecule has 0 aromatic heterocycles. The van der Waals surface area contributed by atoms with E-state index in [4.69, 9.17) is 23.2 Å². The number of hydrogen-bond donors (Lipinski definition) is 1. The average Bonchev–Trinajstić information content (AvgIpc) is 2.50. The van der Waals surface area contributed by atoms with E-state index in [1.807, 2.05) is 18.2 Å². The van der Waals surface area contributed by atoms with Gasteiger partial charge in [-0.1, -0.05) is 54.4 Å². The molecule has 0 radical (unpaired) electrons. The molecule has 2 aromatic carbocycles. The molecule has 0 aliphatic rings. The third-order valence-corrected chi connectivity index (χ3v) is 4.98. The van der Waals surface area contributed by atoms with Gasteiger partial charge in [-0.2, -0.15) is 0 Å². The first-order valence-electron chi connectivity index (χ1n) is 7.06. The van der Waals surface area contributed by atoms with Gasteiger partial charge in [0.25, 0.3) is 0 Å². The molecular weight excluding hydrogens is 321 g/mol. The standard InChI is InChI=1S/C17H19Cl2NS/c1-2-9-20-11-13-5-3-7-15(10-13)21-12-14-6-4-8-16(18)17(14)19/h3-8,10,20H,2,9,11-12H2,1H3. The number of halogens is 2. The zero-order chi connectivity index (χ0) is 15.1. The summed E-state index contributed by atoms with van der Waals surface area (Å²) >= 11 is 14.0. The monoisotopic (exact) mass is 339 g/mol. The fraction of sp³-hybridized carbons (Fsp3) is 0.294. The van der Waals surface area contributed by atoms with Crippen LogP contribution in [0.5, 0.6) is 0 Å².